The molecule has 0 aromatic heterocycles. The Balaban J connectivity index is 1.98. The Kier molecular flexibility index (Phi) is 23.9. The fraction of sp³-hybridized carbons (Fsp3) is 0.727. The van der Waals surface area contributed by atoms with Crippen LogP contribution in [0.4, 0.5) is 0 Å². The molecule has 4 heteroatoms. The summed E-state index contributed by atoms with van der Waals surface area (Å²) in [5, 5.41) is 1.50. The van der Waals surface area contributed by atoms with Crippen molar-refractivity contribution in [3.63, 3.8) is 0 Å². The largest absolute Gasteiger partial charge is 0.462 e. The van der Waals surface area contributed by atoms with Gasteiger partial charge in [0.2, 0.25) is 0 Å². The van der Waals surface area contributed by atoms with Crippen LogP contribution in [0.3, 0.4) is 0 Å². The summed E-state index contributed by atoms with van der Waals surface area (Å²) in [6.45, 7) is 9.75. The molecule has 0 spiro atoms. The molecule has 2 aromatic rings. The third-order valence-corrected chi connectivity index (χ3v) is 10.2. The number of hydrogen-bond acceptors (Lipinski definition) is 4. The number of rotatable bonds is 30. The number of fused-ring (bicyclic) bond motifs is 1. The molecule has 0 aliphatic heterocycles. The number of carbonyl (C=O) groups is 2. The van der Waals surface area contributed by atoms with Crippen LogP contribution >= 0.6 is 0 Å². The van der Waals surface area contributed by atoms with E-state index in [-0.39, 0.29) is 11.9 Å². The molecule has 0 amide bonds. The number of esters is 2. The van der Waals surface area contributed by atoms with E-state index in [9.17, 15) is 9.59 Å². The van der Waals surface area contributed by atoms with E-state index >= 15 is 0 Å². The number of benzene rings is 2. The number of unbranched alkanes of at least 4 members (excludes halogenated alkanes) is 17. The predicted molar refractivity (Wildman–Crippen MR) is 205 cm³/mol. The van der Waals surface area contributed by atoms with Crippen LogP contribution in [-0.4, -0.2) is 25.2 Å². The summed E-state index contributed by atoms with van der Waals surface area (Å²) in [4.78, 5) is 27.0. The van der Waals surface area contributed by atoms with Gasteiger partial charge in [0.05, 0.1) is 24.3 Å². The highest BCUT2D eigenvalue weighted by Gasteiger charge is 2.21. The molecule has 0 saturated carbocycles. The van der Waals surface area contributed by atoms with Gasteiger partial charge in [-0.05, 0) is 48.6 Å². The van der Waals surface area contributed by atoms with Crippen LogP contribution in [0, 0.1) is 11.8 Å². The van der Waals surface area contributed by atoms with Crippen molar-refractivity contribution < 1.29 is 19.1 Å². The number of ether oxygens (including phenoxy) is 2. The highest BCUT2D eigenvalue weighted by molar-refractivity contribution is 6.13. The van der Waals surface area contributed by atoms with Crippen molar-refractivity contribution in [2.45, 2.75) is 182 Å². The molecular formula is C44H72O4. The Labute approximate surface area is 295 Å². The summed E-state index contributed by atoms with van der Waals surface area (Å²) in [5.74, 6) is 0.0574. The average molecular weight is 665 g/mol. The molecule has 2 unspecified atom stereocenters. The zero-order valence-electron chi connectivity index (χ0n) is 31.6. The first kappa shape index (κ1) is 41.8. The van der Waals surface area contributed by atoms with Gasteiger partial charge in [0, 0.05) is 5.39 Å². The summed E-state index contributed by atoms with van der Waals surface area (Å²) in [6, 6.07) is 11.2. The maximum atomic E-state index is 13.6. The van der Waals surface area contributed by atoms with Gasteiger partial charge in [-0.2, -0.15) is 0 Å². The first-order valence-electron chi connectivity index (χ1n) is 20.4. The van der Waals surface area contributed by atoms with Gasteiger partial charge in [-0.15, -0.1) is 0 Å². The first-order valence-corrected chi connectivity index (χ1v) is 20.4. The van der Waals surface area contributed by atoms with E-state index in [2.05, 4.69) is 27.7 Å². The molecule has 0 radical (unpaired) electrons. The van der Waals surface area contributed by atoms with E-state index < -0.39 is 0 Å². The monoisotopic (exact) mass is 665 g/mol. The standard InChI is InChI=1S/C44H72O4/c1-5-9-12-14-16-18-19-21-23-25-30-38(29-24-22-20-17-15-13-10-6-2)36-48-44(46)41-34-27-32-39-31-26-33-40(42(39)41)43(45)47-35-37(8-4)28-11-7-3/h26-27,31-34,37-38H,5-25,28-30,35-36H2,1-4H3. The van der Waals surface area contributed by atoms with Crippen LogP contribution in [0.2, 0.25) is 0 Å². The topological polar surface area (TPSA) is 52.6 Å². The molecule has 2 rings (SSSR count). The van der Waals surface area contributed by atoms with E-state index in [1.54, 1.807) is 12.1 Å². The minimum atomic E-state index is -0.357. The van der Waals surface area contributed by atoms with Gasteiger partial charge in [0.1, 0.15) is 0 Å². The van der Waals surface area contributed by atoms with Crippen LogP contribution in [0.5, 0.6) is 0 Å². The van der Waals surface area contributed by atoms with E-state index in [1.807, 2.05) is 24.3 Å². The van der Waals surface area contributed by atoms with E-state index in [0.717, 1.165) is 43.9 Å². The summed E-state index contributed by atoms with van der Waals surface area (Å²) in [6.07, 6.45) is 30.3. The minimum Gasteiger partial charge on any atom is -0.462 e. The summed E-state index contributed by atoms with van der Waals surface area (Å²) in [5.41, 5.74) is 0.911. The van der Waals surface area contributed by atoms with Gasteiger partial charge in [0.15, 0.2) is 0 Å². The second kappa shape index (κ2) is 27.5. The van der Waals surface area contributed by atoms with E-state index in [4.69, 9.17) is 9.47 Å². The van der Waals surface area contributed by atoms with Crippen molar-refractivity contribution in [3.05, 3.63) is 47.5 Å². The van der Waals surface area contributed by atoms with Crippen molar-refractivity contribution in [1.29, 1.82) is 0 Å². The molecule has 0 fully saturated rings. The summed E-state index contributed by atoms with van der Waals surface area (Å²) < 4.78 is 11.9. The van der Waals surface area contributed by atoms with E-state index in [0.29, 0.717) is 41.6 Å². The van der Waals surface area contributed by atoms with Crippen LogP contribution in [-0.2, 0) is 9.47 Å². The third kappa shape index (κ3) is 17.3. The van der Waals surface area contributed by atoms with Crippen molar-refractivity contribution in [2.24, 2.45) is 11.8 Å². The van der Waals surface area contributed by atoms with Crippen molar-refractivity contribution in [2.75, 3.05) is 13.2 Å². The van der Waals surface area contributed by atoms with Crippen molar-refractivity contribution in [1.82, 2.24) is 0 Å². The molecule has 0 aliphatic carbocycles. The quantitative estimate of drug-likeness (QED) is 0.0616. The minimum absolute atomic E-state index is 0.334. The van der Waals surface area contributed by atoms with Gasteiger partial charge in [-0.1, -0.05) is 187 Å². The molecule has 0 aliphatic rings. The Bertz CT molecular complexity index is 1100. The van der Waals surface area contributed by atoms with Crippen molar-refractivity contribution >= 4 is 22.7 Å². The predicted octanol–water partition coefficient (Wildman–Crippen LogP) is 13.8. The normalized spacial score (nSPS) is 12.7. The molecule has 48 heavy (non-hydrogen) atoms. The van der Waals surface area contributed by atoms with E-state index in [1.165, 1.54) is 116 Å². The first-order chi connectivity index (χ1) is 23.5. The molecule has 0 N–H and O–H groups in total. The van der Waals surface area contributed by atoms with Gasteiger partial charge in [0.25, 0.3) is 0 Å². The second-order valence-corrected chi connectivity index (χ2v) is 14.4. The highest BCUT2D eigenvalue weighted by atomic mass is 16.5. The fourth-order valence-electron chi connectivity index (χ4n) is 6.92. The average Bonchev–Trinajstić information content (AvgIpc) is 3.11. The van der Waals surface area contributed by atoms with Gasteiger partial charge >= 0.3 is 11.9 Å². The van der Waals surface area contributed by atoms with Gasteiger partial charge in [-0.25, -0.2) is 9.59 Å². The van der Waals surface area contributed by atoms with Crippen LogP contribution in [0.1, 0.15) is 203 Å². The van der Waals surface area contributed by atoms with Gasteiger partial charge < -0.3 is 9.47 Å². The molecule has 0 bridgehead atoms. The smallest absolute Gasteiger partial charge is 0.338 e. The lowest BCUT2D eigenvalue weighted by Gasteiger charge is -2.18. The molecule has 272 valence electrons. The molecule has 2 atom stereocenters. The maximum absolute atomic E-state index is 13.6. The number of carbonyl (C=O) groups excluding carboxylic acids is 2. The van der Waals surface area contributed by atoms with Crippen LogP contribution in [0.25, 0.3) is 10.8 Å². The molecular weight excluding hydrogens is 592 g/mol. The SMILES string of the molecule is CCCCCCCCCCCCC(CCCCCCCCCC)COC(=O)c1cccc2cccc(C(=O)OCC(CC)CCCC)c12. The summed E-state index contributed by atoms with van der Waals surface area (Å²) in [7, 11) is 0. The number of hydrogen-bond donors (Lipinski definition) is 0. The molecule has 0 heterocycles. The fourth-order valence-corrected chi connectivity index (χ4v) is 6.92. The zero-order valence-corrected chi connectivity index (χ0v) is 31.6. The Morgan fingerprint density at radius 2 is 0.854 bits per heavy atom. The Hall–Kier alpha value is -2.36. The maximum Gasteiger partial charge on any atom is 0.338 e. The molecule has 2 aromatic carbocycles. The Morgan fingerprint density at radius 3 is 1.27 bits per heavy atom. The lowest BCUT2D eigenvalue weighted by molar-refractivity contribution is 0.0424. The second-order valence-electron chi connectivity index (χ2n) is 14.4. The highest BCUT2D eigenvalue weighted by Crippen LogP contribution is 2.27. The van der Waals surface area contributed by atoms with Crippen LogP contribution < -0.4 is 0 Å². The van der Waals surface area contributed by atoms with Crippen LogP contribution in [0.15, 0.2) is 36.4 Å². The summed E-state index contributed by atoms with van der Waals surface area (Å²) >= 11 is 0. The van der Waals surface area contributed by atoms with Crippen molar-refractivity contribution in [3.8, 4) is 0 Å². The lowest BCUT2D eigenvalue weighted by atomic mass is 9.94. The third-order valence-electron chi connectivity index (χ3n) is 10.2. The van der Waals surface area contributed by atoms with Gasteiger partial charge in [-0.3, -0.25) is 0 Å². The molecule has 4 nitrogen and oxygen atoms in total. The lowest BCUT2D eigenvalue weighted by Crippen LogP contribution is -2.17. The molecule has 0 saturated heterocycles. The zero-order chi connectivity index (χ0) is 34.7. The Morgan fingerprint density at radius 1 is 0.479 bits per heavy atom.